The number of hydrogen-bond donors (Lipinski definition) is 1. The number of aliphatic carboxylic acids is 1. The molecule has 0 heterocycles. The van der Waals surface area contributed by atoms with Gasteiger partial charge in [0.1, 0.15) is 18.3 Å². The zero-order valence-electron chi connectivity index (χ0n) is 18.8. The van der Waals surface area contributed by atoms with E-state index >= 15 is 0 Å². The molecular formula is C26H29F3N2O3. The van der Waals surface area contributed by atoms with Gasteiger partial charge in [-0.05, 0) is 28.8 Å². The van der Waals surface area contributed by atoms with Crippen LogP contribution in [0.1, 0.15) is 23.1 Å². The van der Waals surface area contributed by atoms with Crippen molar-refractivity contribution in [2.24, 2.45) is 0 Å². The Bertz CT molecular complexity index is 966. The zero-order valence-corrected chi connectivity index (χ0v) is 18.8. The number of hydrogen-bond acceptors (Lipinski definition) is 4. The van der Waals surface area contributed by atoms with Gasteiger partial charge in [0, 0.05) is 26.1 Å². The highest BCUT2D eigenvalue weighted by molar-refractivity contribution is 5.70. The van der Waals surface area contributed by atoms with E-state index in [4.69, 9.17) is 14.6 Å². The van der Waals surface area contributed by atoms with Crippen LogP contribution in [0.15, 0.2) is 84.9 Å². The number of rotatable bonds is 10. The van der Waals surface area contributed by atoms with E-state index in [9.17, 15) is 13.2 Å². The van der Waals surface area contributed by atoms with E-state index in [-0.39, 0.29) is 0 Å². The van der Waals surface area contributed by atoms with Crippen molar-refractivity contribution in [2.45, 2.75) is 32.3 Å². The molecule has 0 radical (unpaired) electrons. The fourth-order valence-electron chi connectivity index (χ4n) is 3.08. The van der Waals surface area contributed by atoms with Crippen LogP contribution in [0.5, 0.6) is 5.75 Å². The molecule has 3 N–H and O–H groups in total. The average Bonchev–Trinajstić information content (AvgIpc) is 2.83. The third-order valence-electron chi connectivity index (χ3n) is 4.78. The Labute approximate surface area is 197 Å². The minimum atomic E-state index is -5.19. The van der Waals surface area contributed by atoms with Gasteiger partial charge in [-0.25, -0.2) is 0 Å². The molecule has 182 valence electrons. The van der Waals surface area contributed by atoms with E-state index < -0.39 is 12.1 Å². The SMILES string of the molecule is O=C([O-])C(F)(F)F.[NH3+]CCCN(Cc1ccccc1)Cc1ccc(OCc2ccccc2)cc1. The summed E-state index contributed by atoms with van der Waals surface area (Å²) < 4.78 is 37.4. The number of carboxylic acid groups (broad SMARTS) is 1. The molecular weight excluding hydrogens is 445 g/mol. The third kappa shape index (κ3) is 10.5. The summed E-state index contributed by atoms with van der Waals surface area (Å²) in [5.74, 6) is -2.09. The highest BCUT2D eigenvalue weighted by Gasteiger charge is 2.28. The molecule has 0 saturated heterocycles. The number of quaternary nitrogens is 1. The van der Waals surface area contributed by atoms with Gasteiger partial charge >= 0.3 is 6.18 Å². The first-order valence-corrected chi connectivity index (χ1v) is 10.9. The molecule has 0 aliphatic carbocycles. The lowest BCUT2D eigenvalue weighted by Crippen LogP contribution is -2.51. The summed E-state index contributed by atoms with van der Waals surface area (Å²) in [6.07, 6.45) is -4.08. The summed E-state index contributed by atoms with van der Waals surface area (Å²) in [7, 11) is 0. The van der Waals surface area contributed by atoms with Crippen LogP contribution in [-0.4, -0.2) is 30.1 Å². The number of alkyl halides is 3. The maximum atomic E-state index is 10.5. The summed E-state index contributed by atoms with van der Waals surface area (Å²) in [4.78, 5) is 11.3. The lowest BCUT2D eigenvalue weighted by Gasteiger charge is -2.22. The van der Waals surface area contributed by atoms with Gasteiger partial charge in [0.05, 0.1) is 6.54 Å². The van der Waals surface area contributed by atoms with Gasteiger partial charge < -0.3 is 20.4 Å². The zero-order chi connectivity index (χ0) is 24.8. The molecule has 0 aliphatic rings. The molecule has 0 fully saturated rings. The topological polar surface area (TPSA) is 80.2 Å². The van der Waals surface area contributed by atoms with Gasteiger partial charge in [-0.1, -0.05) is 72.8 Å². The van der Waals surface area contributed by atoms with Crippen LogP contribution < -0.4 is 15.6 Å². The number of carbonyl (C=O) groups excluding carboxylic acids is 1. The van der Waals surface area contributed by atoms with E-state index in [0.29, 0.717) is 6.61 Å². The van der Waals surface area contributed by atoms with E-state index in [1.807, 2.05) is 18.2 Å². The quantitative estimate of drug-likeness (QED) is 0.490. The maximum absolute atomic E-state index is 10.5. The number of carbonyl (C=O) groups is 1. The molecule has 34 heavy (non-hydrogen) atoms. The minimum Gasteiger partial charge on any atom is -0.542 e. The standard InChI is InChI=1S/C24H28N2O.C2HF3O2/c25-16-7-17-26(18-21-8-3-1-4-9-21)19-22-12-14-24(15-13-22)27-20-23-10-5-2-6-11-23;3-2(4,5)1(6)7/h1-6,8-15H,7,16-20,25H2;(H,6,7). The van der Waals surface area contributed by atoms with Crippen LogP contribution in [0.25, 0.3) is 0 Å². The van der Waals surface area contributed by atoms with Crippen LogP contribution in [0.2, 0.25) is 0 Å². The van der Waals surface area contributed by atoms with Crippen LogP contribution >= 0.6 is 0 Å². The fourth-order valence-corrected chi connectivity index (χ4v) is 3.08. The molecule has 0 aliphatic heterocycles. The van der Waals surface area contributed by atoms with Crippen LogP contribution in [-0.2, 0) is 24.5 Å². The van der Waals surface area contributed by atoms with Gasteiger partial charge in [-0.3, -0.25) is 4.90 Å². The summed E-state index contributed by atoms with van der Waals surface area (Å²) in [6.45, 7) is 4.53. The number of carboxylic acids is 1. The van der Waals surface area contributed by atoms with Crippen molar-refractivity contribution >= 4 is 5.97 Å². The van der Waals surface area contributed by atoms with E-state index in [1.54, 1.807) is 0 Å². The molecule has 0 saturated carbocycles. The normalized spacial score (nSPS) is 11.0. The smallest absolute Gasteiger partial charge is 0.430 e. The second-order valence-corrected chi connectivity index (χ2v) is 7.61. The largest absolute Gasteiger partial charge is 0.542 e. The predicted molar refractivity (Wildman–Crippen MR) is 121 cm³/mol. The first-order valence-electron chi connectivity index (χ1n) is 10.9. The second-order valence-electron chi connectivity index (χ2n) is 7.61. The highest BCUT2D eigenvalue weighted by atomic mass is 19.4. The van der Waals surface area contributed by atoms with E-state index in [1.165, 1.54) is 16.7 Å². The Morgan fingerprint density at radius 2 is 1.29 bits per heavy atom. The first-order chi connectivity index (χ1) is 16.3. The summed E-state index contributed by atoms with van der Waals surface area (Å²) in [5, 5.41) is 8.78. The Morgan fingerprint density at radius 3 is 1.76 bits per heavy atom. The van der Waals surface area contributed by atoms with E-state index in [0.717, 1.165) is 38.3 Å². The Morgan fingerprint density at radius 1 is 0.824 bits per heavy atom. The molecule has 3 rings (SSSR count). The maximum Gasteiger partial charge on any atom is 0.430 e. The molecule has 5 nitrogen and oxygen atoms in total. The number of nitrogens with zero attached hydrogens (tertiary/aromatic N) is 1. The first kappa shape index (κ1) is 26.9. The molecule has 0 aromatic heterocycles. The molecule has 8 heteroatoms. The van der Waals surface area contributed by atoms with Crippen LogP contribution in [0.4, 0.5) is 13.2 Å². The third-order valence-corrected chi connectivity index (χ3v) is 4.78. The van der Waals surface area contributed by atoms with Crippen molar-refractivity contribution in [2.75, 3.05) is 13.1 Å². The molecule has 0 atom stereocenters. The second kappa shape index (κ2) is 14.0. The van der Waals surface area contributed by atoms with Crippen molar-refractivity contribution in [3.63, 3.8) is 0 Å². The van der Waals surface area contributed by atoms with Crippen molar-refractivity contribution in [3.8, 4) is 5.75 Å². The molecule has 3 aromatic carbocycles. The van der Waals surface area contributed by atoms with Crippen LogP contribution in [0.3, 0.4) is 0 Å². The van der Waals surface area contributed by atoms with Gasteiger partial charge in [-0.2, -0.15) is 13.2 Å². The van der Waals surface area contributed by atoms with Gasteiger partial charge in [0.25, 0.3) is 0 Å². The molecule has 0 amide bonds. The highest BCUT2D eigenvalue weighted by Crippen LogP contribution is 2.17. The molecule has 0 bridgehead atoms. The summed E-state index contributed by atoms with van der Waals surface area (Å²) >= 11 is 0. The van der Waals surface area contributed by atoms with Crippen LogP contribution in [0, 0.1) is 0 Å². The van der Waals surface area contributed by atoms with Crippen molar-refractivity contribution in [3.05, 3.63) is 102 Å². The predicted octanol–water partition coefficient (Wildman–Crippen LogP) is 3.20. The van der Waals surface area contributed by atoms with Crippen molar-refractivity contribution in [1.82, 2.24) is 4.90 Å². The Hall–Kier alpha value is -3.36. The monoisotopic (exact) mass is 474 g/mol. The van der Waals surface area contributed by atoms with E-state index in [2.05, 4.69) is 77.4 Å². The summed E-state index contributed by atoms with van der Waals surface area (Å²) in [5.41, 5.74) is 7.83. The molecule has 3 aromatic rings. The molecule has 0 unspecified atom stereocenters. The lowest BCUT2D eigenvalue weighted by molar-refractivity contribution is -0.368. The van der Waals surface area contributed by atoms with Crippen molar-refractivity contribution in [1.29, 1.82) is 0 Å². The van der Waals surface area contributed by atoms with Gasteiger partial charge in [-0.15, -0.1) is 0 Å². The van der Waals surface area contributed by atoms with Gasteiger partial charge in [0.2, 0.25) is 0 Å². The van der Waals surface area contributed by atoms with Crippen molar-refractivity contribution < 1.29 is 33.5 Å². The number of benzene rings is 3. The summed E-state index contributed by atoms with van der Waals surface area (Å²) in [6, 6.07) is 29.4. The minimum absolute atomic E-state index is 0.601. The fraction of sp³-hybridized carbons (Fsp3) is 0.269. The number of ether oxygens (including phenoxy) is 1. The lowest BCUT2D eigenvalue weighted by atomic mass is 10.1. The van der Waals surface area contributed by atoms with Gasteiger partial charge in [0.15, 0.2) is 0 Å². The average molecular weight is 475 g/mol. The Balaban J connectivity index is 0.000000509. The number of halogens is 3. The Kier molecular flexibility index (Phi) is 11.1. The molecule has 0 spiro atoms.